The van der Waals surface area contributed by atoms with Gasteiger partial charge in [-0.3, -0.25) is 14.7 Å². The average molecular weight is 599 g/mol. The fourth-order valence-corrected chi connectivity index (χ4v) is 8.19. The van der Waals surface area contributed by atoms with E-state index < -0.39 is 5.82 Å². The average Bonchev–Trinajstić information content (AvgIpc) is 3.68. The molecule has 8 rings (SSSR count). The Bertz CT molecular complexity index is 1780. The minimum Gasteiger partial charge on any atom is -0.461 e. The standard InChI is InChI=1S/C33H32ClFN6O2/c1-2-29(42)40-13-8-27-28(40)18-41(27)31-22-14-25(35)21(23-17-36-16-20-6-3-7-24(34)30(20)23)15-26(22)37-32(38-31)43-19-33-9-4-11-39(33)12-5-10-33/h2-3,6-7,14-17,27-28H,1,4-5,8-13,18-19H2/t27?,28-/m1/s1. The van der Waals surface area contributed by atoms with Gasteiger partial charge in [-0.2, -0.15) is 9.97 Å². The van der Waals surface area contributed by atoms with Crippen LogP contribution in [-0.4, -0.2) is 81.1 Å². The lowest BCUT2D eigenvalue weighted by atomic mass is 9.95. The Hall–Kier alpha value is -3.82. The molecule has 0 spiro atoms. The molecule has 0 bridgehead atoms. The highest BCUT2D eigenvalue weighted by Gasteiger charge is 2.49. The zero-order valence-electron chi connectivity index (χ0n) is 23.8. The number of anilines is 1. The highest BCUT2D eigenvalue weighted by Crippen LogP contribution is 2.43. The summed E-state index contributed by atoms with van der Waals surface area (Å²) in [7, 11) is 0. The van der Waals surface area contributed by atoms with Gasteiger partial charge in [-0.1, -0.05) is 30.3 Å². The Balaban J connectivity index is 1.22. The molecule has 4 saturated heterocycles. The van der Waals surface area contributed by atoms with Crippen LogP contribution in [0.3, 0.4) is 0 Å². The topological polar surface area (TPSA) is 74.7 Å². The molecule has 0 N–H and O–H groups in total. The zero-order valence-corrected chi connectivity index (χ0v) is 24.6. The Morgan fingerprint density at radius 1 is 1.12 bits per heavy atom. The van der Waals surface area contributed by atoms with Gasteiger partial charge in [-0.15, -0.1) is 0 Å². The first-order valence-corrected chi connectivity index (χ1v) is 15.4. The molecule has 2 aromatic heterocycles. The highest BCUT2D eigenvalue weighted by atomic mass is 35.5. The van der Waals surface area contributed by atoms with Gasteiger partial charge in [0.2, 0.25) is 5.91 Å². The van der Waals surface area contributed by atoms with Crippen LogP contribution in [0.5, 0.6) is 6.01 Å². The predicted molar refractivity (Wildman–Crippen MR) is 165 cm³/mol. The minimum atomic E-state index is -0.404. The summed E-state index contributed by atoms with van der Waals surface area (Å²) >= 11 is 6.60. The number of carbonyl (C=O) groups excluding carboxylic acids is 1. The monoisotopic (exact) mass is 598 g/mol. The first kappa shape index (κ1) is 26.8. The van der Waals surface area contributed by atoms with Crippen molar-refractivity contribution in [2.75, 3.05) is 37.7 Å². The molecule has 0 aliphatic carbocycles. The maximum Gasteiger partial charge on any atom is 0.319 e. The van der Waals surface area contributed by atoms with E-state index in [1.165, 1.54) is 25.0 Å². The lowest BCUT2D eigenvalue weighted by Crippen LogP contribution is -2.63. The molecule has 2 atom stereocenters. The Labute approximate surface area is 254 Å². The third kappa shape index (κ3) is 4.19. The van der Waals surface area contributed by atoms with Gasteiger partial charge in [0, 0.05) is 57.8 Å². The molecule has 0 saturated carbocycles. The van der Waals surface area contributed by atoms with Crippen molar-refractivity contribution in [3.05, 3.63) is 66.2 Å². The molecule has 220 valence electrons. The zero-order chi connectivity index (χ0) is 29.3. The molecule has 6 heterocycles. The molecule has 0 radical (unpaired) electrons. The molecule has 10 heteroatoms. The number of nitrogens with zero attached hydrogens (tertiary/aromatic N) is 6. The summed E-state index contributed by atoms with van der Waals surface area (Å²) in [4.78, 5) is 33.1. The van der Waals surface area contributed by atoms with E-state index in [-0.39, 0.29) is 23.5 Å². The SMILES string of the molecule is C=CC(=O)N1CCC2[C@H]1CN2c1nc(OCC23CCCN2CCC3)nc2cc(-c3cncc4cccc(Cl)c34)c(F)cc12. The minimum absolute atomic E-state index is 0.0384. The largest absolute Gasteiger partial charge is 0.461 e. The van der Waals surface area contributed by atoms with E-state index in [4.69, 9.17) is 26.3 Å². The molecule has 4 aliphatic rings. The van der Waals surface area contributed by atoms with Crippen molar-refractivity contribution in [1.29, 1.82) is 0 Å². The van der Waals surface area contributed by atoms with E-state index in [1.54, 1.807) is 24.5 Å². The quantitative estimate of drug-likeness (QED) is 0.267. The van der Waals surface area contributed by atoms with Crippen LogP contribution in [0.2, 0.25) is 5.02 Å². The van der Waals surface area contributed by atoms with Crippen LogP contribution in [0.15, 0.2) is 55.4 Å². The summed E-state index contributed by atoms with van der Waals surface area (Å²) in [5, 5.41) is 2.72. The summed E-state index contributed by atoms with van der Waals surface area (Å²) < 4.78 is 22.5. The number of fused-ring (bicyclic) bond motifs is 4. The number of pyridine rings is 1. The molecule has 1 amide bonds. The molecule has 1 unspecified atom stereocenters. The van der Waals surface area contributed by atoms with E-state index in [2.05, 4.69) is 21.4 Å². The summed E-state index contributed by atoms with van der Waals surface area (Å²) in [5.41, 5.74) is 1.61. The van der Waals surface area contributed by atoms with Crippen molar-refractivity contribution >= 4 is 45.0 Å². The van der Waals surface area contributed by atoms with Crippen LogP contribution >= 0.6 is 11.6 Å². The number of amides is 1. The van der Waals surface area contributed by atoms with E-state index >= 15 is 4.39 Å². The molecule has 4 fully saturated rings. The van der Waals surface area contributed by atoms with Crippen LogP contribution in [0.25, 0.3) is 32.8 Å². The number of halogens is 2. The normalized spacial score (nSPS) is 22.6. The van der Waals surface area contributed by atoms with Crippen LogP contribution in [0.4, 0.5) is 10.2 Å². The first-order chi connectivity index (χ1) is 21.0. The number of hydrogen-bond acceptors (Lipinski definition) is 7. The Morgan fingerprint density at radius 2 is 1.95 bits per heavy atom. The lowest BCUT2D eigenvalue weighted by molar-refractivity contribution is -0.127. The van der Waals surface area contributed by atoms with Crippen molar-refractivity contribution < 1.29 is 13.9 Å². The summed E-state index contributed by atoms with van der Waals surface area (Å²) in [6, 6.07) is 9.33. The first-order valence-electron chi connectivity index (χ1n) is 15.1. The summed E-state index contributed by atoms with van der Waals surface area (Å²) in [5.74, 6) is 0.179. The summed E-state index contributed by atoms with van der Waals surface area (Å²) in [6.45, 7) is 7.67. The number of benzene rings is 2. The second kappa shape index (κ2) is 10.1. The summed E-state index contributed by atoms with van der Waals surface area (Å²) in [6.07, 6.45) is 10.1. The fraction of sp³-hybridized carbons (Fsp3) is 0.394. The Morgan fingerprint density at radius 3 is 2.77 bits per heavy atom. The van der Waals surface area contributed by atoms with E-state index in [0.29, 0.717) is 58.6 Å². The van der Waals surface area contributed by atoms with Gasteiger partial charge in [0.25, 0.3) is 0 Å². The second-order valence-electron chi connectivity index (χ2n) is 12.2. The van der Waals surface area contributed by atoms with Crippen LogP contribution in [0.1, 0.15) is 32.1 Å². The third-order valence-corrected chi connectivity index (χ3v) is 10.4. The smallest absolute Gasteiger partial charge is 0.319 e. The van der Waals surface area contributed by atoms with E-state index in [0.717, 1.165) is 43.1 Å². The number of likely N-dealkylation sites (tertiary alicyclic amines) is 1. The van der Waals surface area contributed by atoms with Gasteiger partial charge in [-0.05, 0) is 69.5 Å². The van der Waals surface area contributed by atoms with E-state index in [1.807, 2.05) is 17.0 Å². The molecule has 2 aromatic carbocycles. The fourth-order valence-electron chi connectivity index (χ4n) is 7.91. The van der Waals surface area contributed by atoms with E-state index in [9.17, 15) is 4.79 Å². The second-order valence-corrected chi connectivity index (χ2v) is 12.6. The number of aromatic nitrogens is 3. The predicted octanol–water partition coefficient (Wildman–Crippen LogP) is 5.62. The van der Waals surface area contributed by atoms with Crippen molar-refractivity contribution in [3.63, 3.8) is 0 Å². The molecule has 4 aromatic rings. The van der Waals surface area contributed by atoms with Gasteiger partial charge >= 0.3 is 6.01 Å². The van der Waals surface area contributed by atoms with Gasteiger partial charge in [0.1, 0.15) is 18.2 Å². The number of ether oxygens (including phenoxy) is 1. The maximum atomic E-state index is 16.1. The van der Waals surface area contributed by atoms with Crippen LogP contribution < -0.4 is 9.64 Å². The maximum absolute atomic E-state index is 16.1. The van der Waals surface area contributed by atoms with Crippen molar-refractivity contribution in [3.8, 4) is 17.1 Å². The van der Waals surface area contributed by atoms with Gasteiger partial charge < -0.3 is 14.5 Å². The molecule has 43 heavy (non-hydrogen) atoms. The lowest BCUT2D eigenvalue weighted by Gasteiger charge is -2.47. The molecule has 8 nitrogen and oxygen atoms in total. The van der Waals surface area contributed by atoms with Crippen molar-refractivity contribution in [1.82, 2.24) is 24.8 Å². The van der Waals surface area contributed by atoms with Gasteiger partial charge in [0.05, 0.1) is 23.1 Å². The Kier molecular flexibility index (Phi) is 6.31. The van der Waals surface area contributed by atoms with Crippen molar-refractivity contribution in [2.45, 2.75) is 49.7 Å². The molecule has 4 aliphatic heterocycles. The van der Waals surface area contributed by atoms with Gasteiger partial charge in [-0.25, -0.2) is 4.39 Å². The van der Waals surface area contributed by atoms with Crippen molar-refractivity contribution in [2.24, 2.45) is 0 Å². The van der Waals surface area contributed by atoms with Crippen LogP contribution in [0, 0.1) is 5.82 Å². The number of carbonyl (C=O) groups is 1. The third-order valence-electron chi connectivity index (χ3n) is 10.1. The highest BCUT2D eigenvalue weighted by molar-refractivity contribution is 6.36. The number of rotatable bonds is 6. The van der Waals surface area contributed by atoms with Gasteiger partial charge in [0.15, 0.2) is 0 Å². The molecular formula is C33H32ClFN6O2. The number of hydrogen-bond donors (Lipinski definition) is 0. The van der Waals surface area contributed by atoms with Crippen LogP contribution in [-0.2, 0) is 4.79 Å². The molecular weight excluding hydrogens is 567 g/mol.